The van der Waals surface area contributed by atoms with Gasteiger partial charge >= 0.3 is 6.18 Å². The van der Waals surface area contributed by atoms with Crippen LogP contribution in [0.15, 0.2) is 59.8 Å². The van der Waals surface area contributed by atoms with E-state index in [4.69, 9.17) is 0 Å². The van der Waals surface area contributed by atoms with Crippen LogP contribution in [0.4, 0.5) is 22.0 Å². The molecule has 0 atom stereocenters. The Kier molecular flexibility index (Phi) is 6.14. The molecular weight excluding hydrogens is 461 g/mol. The molecule has 0 radical (unpaired) electrons. The van der Waals surface area contributed by atoms with E-state index in [1.54, 1.807) is 0 Å². The van der Waals surface area contributed by atoms with Crippen LogP contribution in [0, 0.1) is 11.6 Å². The maximum Gasteiger partial charge on any atom is 0.416 e. The molecule has 0 spiro atoms. The maximum atomic E-state index is 13.3. The van der Waals surface area contributed by atoms with Crippen molar-refractivity contribution in [3.63, 3.8) is 0 Å². The second kappa shape index (κ2) is 9.04. The van der Waals surface area contributed by atoms with Crippen molar-refractivity contribution in [2.24, 2.45) is 0 Å². The smallest absolute Gasteiger partial charge is 0.350 e. The number of aromatic nitrogens is 4. The molecule has 0 bridgehead atoms. The van der Waals surface area contributed by atoms with E-state index in [2.05, 4.69) is 15.4 Å². The van der Waals surface area contributed by atoms with Crippen molar-refractivity contribution in [3.8, 4) is 0 Å². The van der Waals surface area contributed by atoms with E-state index in [9.17, 15) is 31.5 Å². The molecule has 0 fully saturated rings. The summed E-state index contributed by atoms with van der Waals surface area (Å²) in [7, 11) is 0. The first-order valence-corrected chi connectivity index (χ1v) is 9.94. The first kappa shape index (κ1) is 23.1. The minimum Gasteiger partial charge on any atom is -0.350 e. The van der Waals surface area contributed by atoms with Crippen molar-refractivity contribution in [2.45, 2.75) is 19.3 Å². The number of alkyl halides is 3. The van der Waals surface area contributed by atoms with Crippen LogP contribution in [0.2, 0.25) is 0 Å². The molecule has 34 heavy (non-hydrogen) atoms. The molecule has 0 saturated carbocycles. The van der Waals surface area contributed by atoms with Gasteiger partial charge in [-0.25, -0.2) is 18.4 Å². The average Bonchev–Trinajstić information content (AvgIpc) is 3.21. The van der Waals surface area contributed by atoms with Gasteiger partial charge in [0.25, 0.3) is 11.5 Å². The first-order chi connectivity index (χ1) is 16.1. The number of rotatable bonds is 6. The lowest BCUT2D eigenvalue weighted by molar-refractivity contribution is -0.137. The third-order valence-corrected chi connectivity index (χ3v) is 5.02. The summed E-state index contributed by atoms with van der Waals surface area (Å²) in [5.74, 6) is -2.83. The number of fused-ring (bicyclic) bond motifs is 1. The van der Waals surface area contributed by atoms with Gasteiger partial charge in [-0.1, -0.05) is 12.1 Å². The molecular formula is C22H16F5N5O2. The number of carbonyl (C=O) groups excluding carboxylic acids is 1. The lowest BCUT2D eigenvalue weighted by atomic mass is 10.1. The van der Waals surface area contributed by atoms with Crippen molar-refractivity contribution < 1.29 is 26.7 Å². The zero-order valence-corrected chi connectivity index (χ0v) is 17.3. The molecule has 4 aromatic rings. The number of halogens is 5. The number of benzene rings is 2. The first-order valence-electron chi connectivity index (χ1n) is 9.94. The molecule has 1 N–H and O–H groups in total. The standard InChI is InChI=1S/C22H16F5N5O2/c23-17-5-4-14(9-18(17)24)20(33)28-6-7-32-19-16(10-30-32)21(34)31(12-29-19)11-13-2-1-3-15(8-13)22(25,26)27/h1-5,8-10,12H,6-7,11H2,(H,28,33). The van der Waals surface area contributed by atoms with Crippen molar-refractivity contribution >= 4 is 16.9 Å². The van der Waals surface area contributed by atoms with Crippen LogP contribution in [0.5, 0.6) is 0 Å². The van der Waals surface area contributed by atoms with E-state index < -0.39 is 34.8 Å². The fourth-order valence-corrected chi connectivity index (χ4v) is 3.33. The van der Waals surface area contributed by atoms with Gasteiger partial charge in [-0.3, -0.25) is 14.2 Å². The second-order valence-corrected chi connectivity index (χ2v) is 7.37. The lowest BCUT2D eigenvalue weighted by Gasteiger charge is -2.10. The summed E-state index contributed by atoms with van der Waals surface area (Å²) >= 11 is 0. The Hall–Kier alpha value is -4.09. The third-order valence-electron chi connectivity index (χ3n) is 5.02. The summed E-state index contributed by atoms with van der Waals surface area (Å²) in [5, 5.41) is 6.76. The zero-order chi connectivity index (χ0) is 24.5. The Bertz CT molecular complexity index is 1430. The summed E-state index contributed by atoms with van der Waals surface area (Å²) in [4.78, 5) is 29.0. The molecule has 12 heteroatoms. The third kappa shape index (κ3) is 4.80. The highest BCUT2D eigenvalue weighted by Crippen LogP contribution is 2.29. The molecule has 0 aliphatic carbocycles. The summed E-state index contributed by atoms with van der Waals surface area (Å²) in [6.07, 6.45) is -2.00. The van der Waals surface area contributed by atoms with E-state index in [0.717, 1.165) is 30.3 Å². The van der Waals surface area contributed by atoms with Crippen LogP contribution in [0.25, 0.3) is 11.0 Å². The minimum atomic E-state index is -4.50. The van der Waals surface area contributed by atoms with E-state index in [1.165, 1.54) is 33.9 Å². The van der Waals surface area contributed by atoms with Gasteiger partial charge in [-0.15, -0.1) is 0 Å². The summed E-state index contributed by atoms with van der Waals surface area (Å²) in [6.45, 7) is 0.0771. The van der Waals surface area contributed by atoms with Crippen LogP contribution in [0.1, 0.15) is 21.5 Å². The van der Waals surface area contributed by atoms with E-state index >= 15 is 0 Å². The number of hydrogen-bond donors (Lipinski definition) is 1. The van der Waals surface area contributed by atoms with Crippen LogP contribution in [-0.2, 0) is 19.3 Å². The molecule has 0 unspecified atom stereocenters. The average molecular weight is 477 g/mol. The zero-order valence-electron chi connectivity index (χ0n) is 17.3. The van der Waals surface area contributed by atoms with Crippen LogP contribution in [0.3, 0.4) is 0 Å². The van der Waals surface area contributed by atoms with Gasteiger partial charge in [-0.05, 0) is 35.9 Å². The van der Waals surface area contributed by atoms with Gasteiger partial charge in [0.15, 0.2) is 17.3 Å². The molecule has 2 aromatic carbocycles. The topological polar surface area (TPSA) is 81.8 Å². The summed E-state index contributed by atoms with van der Waals surface area (Å²) in [5.41, 5.74) is -0.845. The van der Waals surface area contributed by atoms with Crippen LogP contribution < -0.4 is 10.9 Å². The van der Waals surface area contributed by atoms with Gasteiger partial charge in [-0.2, -0.15) is 18.3 Å². The normalized spacial score (nSPS) is 11.7. The van der Waals surface area contributed by atoms with Gasteiger partial charge in [0, 0.05) is 12.1 Å². The van der Waals surface area contributed by atoms with Gasteiger partial charge in [0.1, 0.15) is 11.7 Å². The largest absolute Gasteiger partial charge is 0.416 e. The Balaban J connectivity index is 1.46. The molecule has 0 saturated heterocycles. The summed E-state index contributed by atoms with van der Waals surface area (Å²) in [6, 6.07) is 7.43. The number of carbonyl (C=O) groups is 1. The molecule has 176 valence electrons. The highest BCUT2D eigenvalue weighted by Gasteiger charge is 2.30. The molecule has 7 nitrogen and oxygen atoms in total. The van der Waals surface area contributed by atoms with Gasteiger partial charge in [0.2, 0.25) is 0 Å². The van der Waals surface area contributed by atoms with Gasteiger partial charge in [0.05, 0.1) is 24.8 Å². The van der Waals surface area contributed by atoms with Crippen molar-refractivity contribution in [2.75, 3.05) is 6.54 Å². The molecule has 2 heterocycles. The quantitative estimate of drug-likeness (QED) is 0.432. The molecule has 0 aliphatic heterocycles. The highest BCUT2D eigenvalue weighted by molar-refractivity contribution is 5.94. The van der Waals surface area contributed by atoms with Gasteiger partial charge < -0.3 is 5.32 Å². The molecule has 2 aromatic heterocycles. The van der Waals surface area contributed by atoms with Crippen molar-refractivity contribution in [1.82, 2.24) is 24.6 Å². The fourth-order valence-electron chi connectivity index (χ4n) is 3.33. The van der Waals surface area contributed by atoms with E-state index in [1.807, 2.05) is 0 Å². The number of nitrogens with one attached hydrogen (secondary N) is 1. The Labute approximate surface area is 188 Å². The second-order valence-electron chi connectivity index (χ2n) is 7.37. The van der Waals surface area contributed by atoms with Crippen molar-refractivity contribution in [1.29, 1.82) is 0 Å². The maximum absolute atomic E-state index is 13.3. The van der Waals surface area contributed by atoms with Crippen LogP contribution in [-0.4, -0.2) is 31.8 Å². The Morgan fingerprint density at radius 2 is 1.85 bits per heavy atom. The number of amides is 1. The minimum absolute atomic E-state index is 0.0557. The Morgan fingerprint density at radius 1 is 1.06 bits per heavy atom. The number of nitrogens with zero attached hydrogens (tertiary/aromatic N) is 4. The SMILES string of the molecule is O=C(NCCn1ncc2c(=O)n(Cc3cccc(C(F)(F)F)c3)cnc21)c1ccc(F)c(F)c1. The molecule has 1 amide bonds. The highest BCUT2D eigenvalue weighted by atomic mass is 19.4. The molecule has 0 aliphatic rings. The fraction of sp³-hybridized carbons (Fsp3) is 0.182. The van der Waals surface area contributed by atoms with Crippen molar-refractivity contribution in [3.05, 3.63) is 93.7 Å². The number of hydrogen-bond acceptors (Lipinski definition) is 4. The monoisotopic (exact) mass is 477 g/mol. The van der Waals surface area contributed by atoms with E-state index in [-0.39, 0.29) is 41.8 Å². The predicted molar refractivity (Wildman–Crippen MR) is 111 cm³/mol. The van der Waals surface area contributed by atoms with E-state index in [0.29, 0.717) is 0 Å². The lowest BCUT2D eigenvalue weighted by Crippen LogP contribution is -2.28. The predicted octanol–water partition coefficient (Wildman–Crippen LogP) is 3.37. The molecule has 4 rings (SSSR count). The summed E-state index contributed by atoms with van der Waals surface area (Å²) < 4.78 is 67.6. The Morgan fingerprint density at radius 3 is 2.59 bits per heavy atom. The van der Waals surface area contributed by atoms with Crippen LogP contribution >= 0.6 is 0 Å².